The predicted octanol–water partition coefficient (Wildman–Crippen LogP) is 0.810. The third kappa shape index (κ3) is 3.93. The molecule has 2 aliphatic heterocycles. The summed E-state index contributed by atoms with van der Waals surface area (Å²) in [5.41, 5.74) is 0.956. The summed E-state index contributed by atoms with van der Waals surface area (Å²) in [5, 5.41) is 11.8. The largest absolute Gasteiger partial charge is 0.465 e. The van der Waals surface area contributed by atoms with E-state index in [-0.39, 0.29) is 4.90 Å². The van der Waals surface area contributed by atoms with E-state index in [0.29, 0.717) is 18.5 Å². The fraction of sp³-hybridized carbons (Fsp3) is 0.462. The summed E-state index contributed by atoms with van der Waals surface area (Å²) in [7, 11) is -4.02. The molecule has 1 amide bonds. The van der Waals surface area contributed by atoms with E-state index in [2.05, 4.69) is 5.32 Å². The standard InChI is InChI=1S/C7H8O3S.C6H10N2O2/c1-6-2-4-7(5-3-6)11(8,9)10;9-6(10)8-2-4-1-7-5(4)3-8/h2-5H,1H3,(H,8,9,10);4-5,7H,1-3H2,(H,9,10)/t;4-,5+/m.0/s1. The maximum atomic E-state index is 10.5. The number of nitrogens with one attached hydrogen (secondary N) is 1. The van der Waals surface area contributed by atoms with E-state index in [1.54, 1.807) is 12.1 Å². The molecule has 21 heavy (non-hydrogen) atoms. The van der Waals surface area contributed by atoms with Crippen LogP contribution in [0.25, 0.3) is 0 Å². The smallest absolute Gasteiger partial charge is 0.407 e. The summed E-state index contributed by atoms with van der Waals surface area (Å²) >= 11 is 0. The first-order valence-electron chi connectivity index (χ1n) is 6.53. The van der Waals surface area contributed by atoms with Crippen LogP contribution >= 0.6 is 0 Å². The fourth-order valence-electron chi connectivity index (χ4n) is 2.32. The van der Waals surface area contributed by atoms with Crippen LogP contribution in [-0.4, -0.2) is 54.7 Å². The van der Waals surface area contributed by atoms with Gasteiger partial charge in [-0.05, 0) is 19.1 Å². The van der Waals surface area contributed by atoms with Crippen LogP contribution in [0.4, 0.5) is 4.79 Å². The molecule has 0 bridgehead atoms. The lowest BCUT2D eigenvalue weighted by Crippen LogP contribution is -2.51. The number of nitrogens with zero attached hydrogens (tertiary/aromatic N) is 1. The second-order valence-electron chi connectivity index (χ2n) is 5.25. The number of hydrogen-bond donors (Lipinski definition) is 3. The third-order valence-electron chi connectivity index (χ3n) is 3.67. The fourth-order valence-corrected chi connectivity index (χ4v) is 2.80. The third-order valence-corrected chi connectivity index (χ3v) is 4.54. The number of amides is 1. The van der Waals surface area contributed by atoms with Crippen molar-refractivity contribution in [2.75, 3.05) is 19.6 Å². The van der Waals surface area contributed by atoms with E-state index >= 15 is 0 Å². The van der Waals surface area contributed by atoms with Gasteiger partial charge in [0.25, 0.3) is 10.1 Å². The number of likely N-dealkylation sites (tertiary alicyclic amines) is 1. The normalized spacial score (nSPS) is 23.6. The molecule has 0 aliphatic carbocycles. The molecule has 1 aromatic rings. The molecule has 2 aliphatic rings. The molecular formula is C13H18N2O5S. The lowest BCUT2D eigenvalue weighted by Gasteiger charge is -2.29. The van der Waals surface area contributed by atoms with Gasteiger partial charge in [-0.15, -0.1) is 0 Å². The van der Waals surface area contributed by atoms with Crippen LogP contribution in [0.1, 0.15) is 5.56 Å². The summed E-state index contributed by atoms with van der Waals surface area (Å²) in [6.45, 7) is 4.25. The molecule has 2 atom stereocenters. The summed E-state index contributed by atoms with van der Waals surface area (Å²) in [5.74, 6) is 0.594. The molecule has 1 aromatic carbocycles. The van der Waals surface area contributed by atoms with E-state index in [1.807, 2.05) is 6.92 Å². The SMILES string of the molecule is Cc1ccc(S(=O)(=O)O)cc1.O=C(O)N1C[C@@H]2CN[C@@H]2C1. The van der Waals surface area contributed by atoms with Gasteiger partial charge in [-0.3, -0.25) is 4.55 Å². The lowest BCUT2D eigenvalue weighted by molar-refractivity contribution is 0.154. The number of fused-ring (bicyclic) bond motifs is 1. The molecule has 3 N–H and O–H groups in total. The molecule has 0 saturated carbocycles. The Morgan fingerprint density at radius 2 is 1.90 bits per heavy atom. The minimum atomic E-state index is -4.02. The number of carboxylic acid groups (broad SMARTS) is 1. The van der Waals surface area contributed by atoms with Gasteiger partial charge in [0.1, 0.15) is 0 Å². The highest BCUT2D eigenvalue weighted by molar-refractivity contribution is 7.85. The van der Waals surface area contributed by atoms with E-state index in [9.17, 15) is 13.2 Å². The van der Waals surface area contributed by atoms with Gasteiger partial charge >= 0.3 is 6.09 Å². The number of hydrogen-bond acceptors (Lipinski definition) is 4. The molecule has 0 unspecified atom stereocenters. The van der Waals surface area contributed by atoms with Gasteiger partial charge in [-0.1, -0.05) is 17.7 Å². The van der Waals surface area contributed by atoms with Crippen molar-refractivity contribution < 1.29 is 22.9 Å². The van der Waals surface area contributed by atoms with Crippen LogP contribution in [0.15, 0.2) is 29.2 Å². The average molecular weight is 314 g/mol. The Bertz CT molecular complexity index is 602. The summed E-state index contributed by atoms with van der Waals surface area (Å²) in [6, 6.07) is 6.44. The van der Waals surface area contributed by atoms with Crippen LogP contribution in [0.5, 0.6) is 0 Å². The highest BCUT2D eigenvalue weighted by atomic mass is 32.2. The molecule has 3 rings (SSSR count). The van der Waals surface area contributed by atoms with Crippen molar-refractivity contribution in [3.63, 3.8) is 0 Å². The molecule has 0 aromatic heterocycles. The lowest BCUT2D eigenvalue weighted by atomic mass is 9.96. The minimum absolute atomic E-state index is 0.0666. The molecule has 116 valence electrons. The van der Waals surface area contributed by atoms with Gasteiger partial charge in [0, 0.05) is 31.6 Å². The maximum Gasteiger partial charge on any atom is 0.407 e. The molecule has 2 fully saturated rings. The molecule has 0 spiro atoms. The highest BCUT2D eigenvalue weighted by Gasteiger charge is 2.40. The number of benzene rings is 1. The molecular weight excluding hydrogens is 296 g/mol. The molecule has 7 nitrogen and oxygen atoms in total. The van der Waals surface area contributed by atoms with Crippen molar-refractivity contribution >= 4 is 16.2 Å². The molecule has 0 radical (unpaired) electrons. The Labute approximate surface area is 123 Å². The second kappa shape index (κ2) is 6.00. The van der Waals surface area contributed by atoms with Crippen LogP contribution in [0.3, 0.4) is 0 Å². The Balaban J connectivity index is 0.000000154. The van der Waals surface area contributed by atoms with E-state index < -0.39 is 16.2 Å². The van der Waals surface area contributed by atoms with Gasteiger partial charge in [0.2, 0.25) is 0 Å². The quantitative estimate of drug-likeness (QED) is 0.662. The van der Waals surface area contributed by atoms with Gasteiger partial charge in [-0.25, -0.2) is 4.79 Å². The average Bonchev–Trinajstić information content (AvgIpc) is 2.65. The van der Waals surface area contributed by atoms with Crippen molar-refractivity contribution in [3.8, 4) is 0 Å². The second-order valence-corrected chi connectivity index (χ2v) is 6.67. The summed E-state index contributed by atoms with van der Waals surface area (Å²) in [4.78, 5) is 11.8. The van der Waals surface area contributed by atoms with Gasteiger partial charge in [0.05, 0.1) is 4.90 Å². The van der Waals surface area contributed by atoms with Crippen LogP contribution in [0.2, 0.25) is 0 Å². The predicted molar refractivity (Wildman–Crippen MR) is 75.9 cm³/mol. The molecule has 2 saturated heterocycles. The molecule has 8 heteroatoms. The summed E-state index contributed by atoms with van der Waals surface area (Å²) < 4.78 is 29.6. The van der Waals surface area contributed by atoms with Crippen molar-refractivity contribution in [3.05, 3.63) is 29.8 Å². The van der Waals surface area contributed by atoms with Gasteiger partial charge < -0.3 is 15.3 Å². The van der Waals surface area contributed by atoms with Crippen LogP contribution in [-0.2, 0) is 10.1 Å². The Hall–Kier alpha value is -1.64. The Morgan fingerprint density at radius 3 is 2.24 bits per heavy atom. The van der Waals surface area contributed by atoms with E-state index in [4.69, 9.17) is 9.66 Å². The first-order chi connectivity index (χ1) is 9.77. The minimum Gasteiger partial charge on any atom is -0.465 e. The zero-order valence-corrected chi connectivity index (χ0v) is 12.4. The monoisotopic (exact) mass is 314 g/mol. The summed E-state index contributed by atoms with van der Waals surface area (Å²) in [6.07, 6.45) is -0.781. The molecule has 2 heterocycles. The van der Waals surface area contributed by atoms with Gasteiger partial charge in [-0.2, -0.15) is 8.42 Å². The first-order valence-corrected chi connectivity index (χ1v) is 7.97. The zero-order valence-electron chi connectivity index (χ0n) is 11.6. The Morgan fingerprint density at radius 1 is 1.29 bits per heavy atom. The van der Waals surface area contributed by atoms with Crippen molar-refractivity contribution in [1.82, 2.24) is 10.2 Å². The van der Waals surface area contributed by atoms with E-state index in [0.717, 1.165) is 18.7 Å². The van der Waals surface area contributed by atoms with Crippen molar-refractivity contribution in [2.45, 2.75) is 17.9 Å². The topological polar surface area (TPSA) is 107 Å². The van der Waals surface area contributed by atoms with Crippen LogP contribution in [0, 0.1) is 12.8 Å². The number of aryl methyl sites for hydroxylation is 1. The Kier molecular flexibility index (Phi) is 4.50. The maximum absolute atomic E-state index is 10.5. The van der Waals surface area contributed by atoms with E-state index in [1.165, 1.54) is 17.0 Å². The number of carbonyl (C=O) groups is 1. The zero-order chi connectivity index (χ0) is 15.6. The van der Waals surface area contributed by atoms with Gasteiger partial charge in [0.15, 0.2) is 0 Å². The van der Waals surface area contributed by atoms with Crippen molar-refractivity contribution in [1.29, 1.82) is 0 Å². The number of rotatable bonds is 1. The highest BCUT2D eigenvalue weighted by Crippen LogP contribution is 2.22. The first kappa shape index (κ1) is 15.7. The van der Waals surface area contributed by atoms with Crippen LogP contribution < -0.4 is 5.32 Å². The van der Waals surface area contributed by atoms with Crippen molar-refractivity contribution in [2.24, 2.45) is 5.92 Å².